The summed E-state index contributed by atoms with van der Waals surface area (Å²) in [5, 5.41) is 4.76. The van der Waals surface area contributed by atoms with Crippen molar-refractivity contribution in [3.8, 4) is 0 Å². The van der Waals surface area contributed by atoms with E-state index in [0.717, 1.165) is 36.9 Å². The SMILES string of the molecule is Cc1cc(N2CCN(C3CCNC3)CC2)c2ccccc2n1. The quantitative estimate of drug-likeness (QED) is 0.919. The number of nitrogens with one attached hydrogen (secondary N) is 1. The fourth-order valence-electron chi connectivity index (χ4n) is 3.83. The standard InChI is InChI=1S/C18H24N4/c1-14-12-18(16-4-2-3-5-17(16)20-14)22-10-8-21(9-11-22)15-6-7-19-13-15/h2-5,12,15,19H,6-11,13H2,1H3. The Balaban J connectivity index is 1.56. The highest BCUT2D eigenvalue weighted by Gasteiger charge is 2.26. The molecule has 4 nitrogen and oxygen atoms in total. The third-order valence-electron chi connectivity index (χ3n) is 5.03. The van der Waals surface area contributed by atoms with Crippen LogP contribution in [0, 0.1) is 6.92 Å². The van der Waals surface area contributed by atoms with Crippen LogP contribution in [-0.2, 0) is 0 Å². The zero-order valence-electron chi connectivity index (χ0n) is 13.3. The average Bonchev–Trinajstić information content (AvgIpc) is 3.09. The van der Waals surface area contributed by atoms with E-state index >= 15 is 0 Å². The first kappa shape index (κ1) is 14.0. The molecule has 3 heterocycles. The molecule has 1 atom stereocenters. The second-order valence-corrected chi connectivity index (χ2v) is 6.47. The Morgan fingerprint density at radius 1 is 1.14 bits per heavy atom. The Bertz CT molecular complexity index is 655. The van der Waals surface area contributed by atoms with Gasteiger partial charge in [0.15, 0.2) is 0 Å². The molecule has 0 radical (unpaired) electrons. The number of nitrogens with zero attached hydrogens (tertiary/aromatic N) is 3. The minimum atomic E-state index is 0.748. The summed E-state index contributed by atoms with van der Waals surface area (Å²) in [6, 6.07) is 11.5. The summed E-state index contributed by atoms with van der Waals surface area (Å²) in [5.41, 5.74) is 3.57. The Labute approximate surface area is 132 Å². The molecule has 2 aromatic rings. The molecular weight excluding hydrogens is 272 g/mol. The Hall–Kier alpha value is -1.65. The fourth-order valence-corrected chi connectivity index (χ4v) is 3.83. The third kappa shape index (κ3) is 2.57. The molecule has 2 aliphatic rings. The number of benzene rings is 1. The Morgan fingerprint density at radius 2 is 1.95 bits per heavy atom. The van der Waals surface area contributed by atoms with Gasteiger partial charge in [0.05, 0.1) is 5.52 Å². The summed E-state index contributed by atoms with van der Waals surface area (Å²) in [6.45, 7) is 9.00. The van der Waals surface area contributed by atoms with Crippen molar-refractivity contribution in [2.45, 2.75) is 19.4 Å². The second-order valence-electron chi connectivity index (χ2n) is 6.47. The number of aryl methyl sites for hydroxylation is 1. The largest absolute Gasteiger partial charge is 0.368 e. The van der Waals surface area contributed by atoms with E-state index < -0.39 is 0 Å². The Morgan fingerprint density at radius 3 is 2.73 bits per heavy atom. The Kier molecular flexibility index (Phi) is 3.72. The molecule has 1 aromatic carbocycles. The molecule has 1 N–H and O–H groups in total. The highest BCUT2D eigenvalue weighted by Crippen LogP contribution is 2.28. The monoisotopic (exact) mass is 296 g/mol. The number of fused-ring (bicyclic) bond motifs is 1. The van der Waals surface area contributed by atoms with Crippen LogP contribution in [0.15, 0.2) is 30.3 Å². The van der Waals surface area contributed by atoms with E-state index in [1.165, 1.54) is 37.1 Å². The highest BCUT2D eigenvalue weighted by atomic mass is 15.3. The lowest BCUT2D eigenvalue weighted by Gasteiger charge is -2.39. The number of aromatic nitrogens is 1. The van der Waals surface area contributed by atoms with Gasteiger partial charge in [-0.15, -0.1) is 0 Å². The van der Waals surface area contributed by atoms with E-state index in [4.69, 9.17) is 0 Å². The van der Waals surface area contributed by atoms with Gasteiger partial charge >= 0.3 is 0 Å². The molecule has 0 bridgehead atoms. The molecule has 1 unspecified atom stereocenters. The molecule has 4 rings (SSSR count). The molecule has 0 aliphatic carbocycles. The maximum atomic E-state index is 4.66. The van der Waals surface area contributed by atoms with E-state index in [2.05, 4.69) is 57.4 Å². The molecule has 0 spiro atoms. The van der Waals surface area contributed by atoms with Gasteiger partial charge in [-0.25, -0.2) is 0 Å². The molecular formula is C18H24N4. The first-order valence-electron chi connectivity index (χ1n) is 8.37. The molecule has 0 amide bonds. The van der Waals surface area contributed by atoms with E-state index in [-0.39, 0.29) is 0 Å². The van der Waals surface area contributed by atoms with E-state index in [9.17, 15) is 0 Å². The van der Waals surface area contributed by atoms with Crippen LogP contribution in [-0.4, -0.2) is 55.2 Å². The molecule has 22 heavy (non-hydrogen) atoms. The second kappa shape index (κ2) is 5.86. The van der Waals surface area contributed by atoms with Gasteiger partial charge in [0.25, 0.3) is 0 Å². The topological polar surface area (TPSA) is 31.4 Å². The summed E-state index contributed by atoms with van der Waals surface area (Å²) >= 11 is 0. The third-order valence-corrected chi connectivity index (χ3v) is 5.03. The number of pyridine rings is 1. The van der Waals surface area contributed by atoms with Crippen molar-refractivity contribution in [2.24, 2.45) is 0 Å². The molecule has 4 heteroatoms. The normalized spacial score (nSPS) is 23.3. The molecule has 2 aliphatic heterocycles. The first-order chi connectivity index (χ1) is 10.8. The number of hydrogen-bond acceptors (Lipinski definition) is 4. The van der Waals surface area contributed by atoms with Crippen LogP contribution in [0.2, 0.25) is 0 Å². The van der Waals surface area contributed by atoms with Crippen molar-refractivity contribution in [2.75, 3.05) is 44.2 Å². The van der Waals surface area contributed by atoms with E-state index in [0.29, 0.717) is 0 Å². The van der Waals surface area contributed by atoms with Crippen molar-refractivity contribution in [1.29, 1.82) is 0 Å². The molecule has 1 aromatic heterocycles. The van der Waals surface area contributed by atoms with Gasteiger partial charge in [-0.3, -0.25) is 9.88 Å². The van der Waals surface area contributed by atoms with Gasteiger partial charge in [-0.1, -0.05) is 18.2 Å². The van der Waals surface area contributed by atoms with Crippen molar-refractivity contribution in [1.82, 2.24) is 15.2 Å². The fraction of sp³-hybridized carbons (Fsp3) is 0.500. The van der Waals surface area contributed by atoms with Gasteiger partial charge < -0.3 is 10.2 Å². The lowest BCUT2D eigenvalue weighted by atomic mass is 10.1. The number of para-hydroxylation sites is 1. The van der Waals surface area contributed by atoms with Crippen LogP contribution in [0.1, 0.15) is 12.1 Å². The summed E-state index contributed by atoms with van der Waals surface area (Å²) in [4.78, 5) is 9.86. The number of piperazine rings is 1. The first-order valence-corrected chi connectivity index (χ1v) is 8.37. The van der Waals surface area contributed by atoms with Crippen molar-refractivity contribution in [3.05, 3.63) is 36.0 Å². The molecule has 2 saturated heterocycles. The van der Waals surface area contributed by atoms with E-state index in [1.54, 1.807) is 0 Å². The van der Waals surface area contributed by atoms with Gasteiger partial charge in [0.1, 0.15) is 0 Å². The molecule has 116 valence electrons. The zero-order chi connectivity index (χ0) is 14.9. The minimum Gasteiger partial charge on any atom is -0.368 e. The van der Waals surface area contributed by atoms with Crippen molar-refractivity contribution in [3.63, 3.8) is 0 Å². The number of anilines is 1. The number of hydrogen-bond donors (Lipinski definition) is 1. The van der Waals surface area contributed by atoms with Crippen LogP contribution in [0.4, 0.5) is 5.69 Å². The smallest absolute Gasteiger partial charge is 0.0726 e. The average molecular weight is 296 g/mol. The van der Waals surface area contributed by atoms with E-state index in [1.807, 2.05) is 0 Å². The van der Waals surface area contributed by atoms with Crippen LogP contribution >= 0.6 is 0 Å². The predicted octanol–water partition coefficient (Wildman–Crippen LogP) is 2.03. The lowest BCUT2D eigenvalue weighted by molar-refractivity contribution is 0.197. The summed E-state index contributed by atoms with van der Waals surface area (Å²) in [6.07, 6.45) is 1.30. The van der Waals surface area contributed by atoms with Crippen molar-refractivity contribution < 1.29 is 0 Å². The molecule has 2 fully saturated rings. The predicted molar refractivity (Wildman–Crippen MR) is 91.5 cm³/mol. The maximum Gasteiger partial charge on any atom is 0.0726 e. The van der Waals surface area contributed by atoms with Crippen molar-refractivity contribution >= 4 is 16.6 Å². The maximum absolute atomic E-state index is 4.66. The van der Waals surface area contributed by atoms with Gasteiger partial charge in [-0.2, -0.15) is 0 Å². The van der Waals surface area contributed by atoms with Gasteiger partial charge in [0, 0.05) is 55.5 Å². The highest BCUT2D eigenvalue weighted by molar-refractivity contribution is 5.92. The summed E-state index contributed by atoms with van der Waals surface area (Å²) < 4.78 is 0. The zero-order valence-corrected chi connectivity index (χ0v) is 13.3. The molecule has 0 saturated carbocycles. The van der Waals surface area contributed by atoms with Crippen LogP contribution in [0.3, 0.4) is 0 Å². The van der Waals surface area contributed by atoms with Gasteiger partial charge in [-0.05, 0) is 32.0 Å². The van der Waals surface area contributed by atoms with Crippen LogP contribution in [0.5, 0.6) is 0 Å². The summed E-state index contributed by atoms with van der Waals surface area (Å²) in [7, 11) is 0. The lowest BCUT2D eigenvalue weighted by Crippen LogP contribution is -2.51. The number of rotatable bonds is 2. The summed E-state index contributed by atoms with van der Waals surface area (Å²) in [5.74, 6) is 0. The van der Waals surface area contributed by atoms with Crippen LogP contribution in [0.25, 0.3) is 10.9 Å². The van der Waals surface area contributed by atoms with Crippen LogP contribution < -0.4 is 10.2 Å². The minimum absolute atomic E-state index is 0.748. The van der Waals surface area contributed by atoms with Gasteiger partial charge in [0.2, 0.25) is 0 Å².